The fraction of sp³-hybridized carbons (Fsp3) is 0.667. The SMILES string of the molecule is CC[C@](C)(CNC(=O)NCc1cccnc1N(C)C)N1CCOCC1. The van der Waals surface area contributed by atoms with Gasteiger partial charge in [0.15, 0.2) is 0 Å². The molecule has 0 aromatic carbocycles. The van der Waals surface area contributed by atoms with Crippen LogP contribution in [0.5, 0.6) is 0 Å². The maximum Gasteiger partial charge on any atom is 0.315 e. The van der Waals surface area contributed by atoms with E-state index in [0.29, 0.717) is 13.1 Å². The van der Waals surface area contributed by atoms with Crippen LogP contribution in [-0.2, 0) is 11.3 Å². The number of nitrogens with one attached hydrogen (secondary N) is 2. The summed E-state index contributed by atoms with van der Waals surface area (Å²) in [4.78, 5) is 20.9. The highest BCUT2D eigenvalue weighted by Gasteiger charge is 2.31. The third-order valence-corrected chi connectivity index (χ3v) is 4.90. The first-order chi connectivity index (χ1) is 12.0. The number of nitrogens with zero attached hydrogens (tertiary/aromatic N) is 3. The highest BCUT2D eigenvalue weighted by Crippen LogP contribution is 2.20. The third kappa shape index (κ3) is 5.31. The Labute approximate surface area is 150 Å². The van der Waals surface area contributed by atoms with Gasteiger partial charge < -0.3 is 20.3 Å². The van der Waals surface area contributed by atoms with Crippen molar-refractivity contribution in [2.24, 2.45) is 0 Å². The van der Waals surface area contributed by atoms with Gasteiger partial charge in [-0.25, -0.2) is 9.78 Å². The Morgan fingerprint density at radius 2 is 2.08 bits per heavy atom. The molecule has 2 N–H and O–H groups in total. The van der Waals surface area contributed by atoms with Crippen LogP contribution in [0.3, 0.4) is 0 Å². The lowest BCUT2D eigenvalue weighted by molar-refractivity contribution is -0.0165. The Bertz CT molecular complexity index is 560. The molecule has 2 rings (SSSR count). The van der Waals surface area contributed by atoms with Gasteiger partial charge >= 0.3 is 6.03 Å². The van der Waals surface area contributed by atoms with Crippen molar-refractivity contribution in [3.63, 3.8) is 0 Å². The lowest BCUT2D eigenvalue weighted by Crippen LogP contribution is -2.57. The van der Waals surface area contributed by atoms with E-state index in [1.165, 1.54) is 0 Å². The number of urea groups is 1. The average Bonchev–Trinajstić information content (AvgIpc) is 2.65. The molecule has 25 heavy (non-hydrogen) atoms. The highest BCUT2D eigenvalue weighted by atomic mass is 16.5. The minimum absolute atomic E-state index is 0.0514. The number of hydrogen-bond acceptors (Lipinski definition) is 5. The second-order valence-corrected chi connectivity index (χ2v) is 6.87. The van der Waals surface area contributed by atoms with Gasteiger partial charge in [-0.2, -0.15) is 0 Å². The molecule has 7 nitrogen and oxygen atoms in total. The number of amides is 2. The van der Waals surface area contributed by atoms with E-state index in [-0.39, 0.29) is 11.6 Å². The average molecular weight is 349 g/mol. The van der Waals surface area contributed by atoms with Crippen molar-refractivity contribution in [3.05, 3.63) is 23.9 Å². The van der Waals surface area contributed by atoms with Crippen LogP contribution in [0.1, 0.15) is 25.8 Å². The zero-order chi connectivity index (χ0) is 18.3. The van der Waals surface area contributed by atoms with Gasteiger partial charge in [0.05, 0.1) is 13.2 Å². The fourth-order valence-electron chi connectivity index (χ4n) is 3.04. The van der Waals surface area contributed by atoms with Crippen molar-refractivity contribution in [1.29, 1.82) is 0 Å². The molecule has 7 heteroatoms. The number of pyridine rings is 1. The Balaban J connectivity index is 1.85. The number of anilines is 1. The summed E-state index contributed by atoms with van der Waals surface area (Å²) < 4.78 is 5.43. The summed E-state index contributed by atoms with van der Waals surface area (Å²) in [6.45, 7) is 8.77. The van der Waals surface area contributed by atoms with Crippen LogP contribution in [0, 0.1) is 0 Å². The van der Waals surface area contributed by atoms with Crippen molar-refractivity contribution in [1.82, 2.24) is 20.5 Å². The van der Waals surface area contributed by atoms with Gasteiger partial charge in [0, 0.05) is 57.6 Å². The van der Waals surface area contributed by atoms with Gasteiger partial charge in [-0.05, 0) is 19.4 Å². The van der Waals surface area contributed by atoms with Gasteiger partial charge in [-0.3, -0.25) is 4.90 Å². The molecule has 1 saturated heterocycles. The Kier molecular flexibility index (Phi) is 7.01. The van der Waals surface area contributed by atoms with Gasteiger partial charge in [-0.15, -0.1) is 0 Å². The number of hydrogen-bond donors (Lipinski definition) is 2. The van der Waals surface area contributed by atoms with E-state index in [1.807, 2.05) is 31.1 Å². The molecule has 0 aliphatic carbocycles. The molecule has 1 atom stereocenters. The van der Waals surface area contributed by atoms with Crippen molar-refractivity contribution in [2.45, 2.75) is 32.4 Å². The lowest BCUT2D eigenvalue weighted by Gasteiger charge is -2.43. The van der Waals surface area contributed by atoms with E-state index in [9.17, 15) is 4.79 Å². The minimum Gasteiger partial charge on any atom is -0.379 e. The second-order valence-electron chi connectivity index (χ2n) is 6.87. The number of rotatable bonds is 7. The molecule has 1 aliphatic rings. The molecule has 1 aromatic heterocycles. The first-order valence-corrected chi connectivity index (χ1v) is 8.92. The molecule has 1 aliphatic heterocycles. The highest BCUT2D eigenvalue weighted by molar-refractivity contribution is 5.74. The molecule has 2 heterocycles. The smallest absolute Gasteiger partial charge is 0.315 e. The second kappa shape index (κ2) is 9.01. The van der Waals surface area contributed by atoms with Crippen molar-refractivity contribution in [3.8, 4) is 0 Å². The summed E-state index contributed by atoms with van der Waals surface area (Å²) >= 11 is 0. The normalized spacial score (nSPS) is 17.6. The van der Waals surface area contributed by atoms with Crippen molar-refractivity contribution >= 4 is 11.8 Å². The summed E-state index contributed by atoms with van der Waals surface area (Å²) in [6, 6.07) is 3.71. The summed E-state index contributed by atoms with van der Waals surface area (Å²) in [5.41, 5.74) is 0.943. The largest absolute Gasteiger partial charge is 0.379 e. The quantitative estimate of drug-likeness (QED) is 0.780. The number of carbonyl (C=O) groups is 1. The molecular formula is C18H31N5O2. The molecule has 0 bridgehead atoms. The first kappa shape index (κ1) is 19.5. The molecule has 140 valence electrons. The molecule has 1 aromatic rings. The maximum atomic E-state index is 12.2. The molecule has 1 fully saturated rings. The molecule has 0 spiro atoms. The number of aromatic nitrogens is 1. The molecule has 0 radical (unpaired) electrons. The van der Waals surface area contributed by atoms with E-state index in [2.05, 4.69) is 34.4 Å². The third-order valence-electron chi connectivity index (χ3n) is 4.90. The zero-order valence-electron chi connectivity index (χ0n) is 15.8. The maximum absolute atomic E-state index is 12.2. The molecule has 2 amide bonds. The van der Waals surface area contributed by atoms with Gasteiger partial charge in [0.2, 0.25) is 0 Å². The number of carbonyl (C=O) groups excluding carboxylic acids is 1. The Hall–Kier alpha value is -1.86. The van der Waals surface area contributed by atoms with E-state index >= 15 is 0 Å². The van der Waals surface area contributed by atoms with Crippen molar-refractivity contribution in [2.75, 3.05) is 51.8 Å². The summed E-state index contributed by atoms with van der Waals surface area (Å²) in [5, 5.41) is 5.96. The van der Waals surface area contributed by atoms with Gasteiger partial charge in [0.25, 0.3) is 0 Å². The molecule has 0 unspecified atom stereocenters. The molecule has 0 saturated carbocycles. The predicted molar refractivity (Wildman–Crippen MR) is 99.9 cm³/mol. The van der Waals surface area contributed by atoms with Gasteiger partial charge in [0.1, 0.15) is 5.82 Å². The van der Waals surface area contributed by atoms with Crippen LogP contribution in [-0.4, -0.2) is 68.4 Å². The van der Waals surface area contributed by atoms with E-state index in [0.717, 1.165) is 44.1 Å². The van der Waals surface area contributed by atoms with Crippen LogP contribution in [0.4, 0.5) is 10.6 Å². The van der Waals surface area contributed by atoms with E-state index in [4.69, 9.17) is 4.74 Å². The minimum atomic E-state index is -0.151. The van der Waals surface area contributed by atoms with E-state index in [1.54, 1.807) is 6.20 Å². The standard InChI is InChI=1S/C18H31N5O2/c1-5-18(2,23-9-11-25-12-10-23)14-21-17(24)20-13-15-7-6-8-19-16(15)22(3)4/h6-8H,5,9-14H2,1-4H3,(H2,20,21,24)/t18-/m1/s1. The lowest BCUT2D eigenvalue weighted by atomic mass is 9.95. The van der Waals surface area contributed by atoms with Crippen LogP contribution >= 0.6 is 0 Å². The van der Waals surface area contributed by atoms with Crippen molar-refractivity contribution < 1.29 is 9.53 Å². The van der Waals surface area contributed by atoms with Crippen LogP contribution in [0.2, 0.25) is 0 Å². The Morgan fingerprint density at radius 3 is 2.72 bits per heavy atom. The topological polar surface area (TPSA) is 69.7 Å². The Morgan fingerprint density at radius 1 is 1.36 bits per heavy atom. The monoisotopic (exact) mass is 349 g/mol. The van der Waals surface area contributed by atoms with Gasteiger partial charge in [-0.1, -0.05) is 13.0 Å². The number of ether oxygens (including phenoxy) is 1. The van der Waals surface area contributed by atoms with Crippen LogP contribution < -0.4 is 15.5 Å². The zero-order valence-corrected chi connectivity index (χ0v) is 15.8. The predicted octanol–water partition coefficient (Wildman–Crippen LogP) is 1.45. The van der Waals surface area contributed by atoms with Crippen LogP contribution in [0.15, 0.2) is 18.3 Å². The summed E-state index contributed by atoms with van der Waals surface area (Å²) in [7, 11) is 3.89. The number of morpholine rings is 1. The summed E-state index contributed by atoms with van der Waals surface area (Å²) in [5.74, 6) is 0.870. The summed E-state index contributed by atoms with van der Waals surface area (Å²) in [6.07, 6.45) is 2.73. The van der Waals surface area contributed by atoms with E-state index < -0.39 is 0 Å². The first-order valence-electron chi connectivity index (χ1n) is 8.92. The van der Waals surface area contributed by atoms with Crippen LogP contribution in [0.25, 0.3) is 0 Å². The fourth-order valence-corrected chi connectivity index (χ4v) is 3.04. The molecular weight excluding hydrogens is 318 g/mol.